The summed E-state index contributed by atoms with van der Waals surface area (Å²) in [4.78, 5) is 14.1. The van der Waals surface area contributed by atoms with Crippen molar-refractivity contribution >= 4 is 11.6 Å². The van der Waals surface area contributed by atoms with Crippen LogP contribution in [0.3, 0.4) is 0 Å². The summed E-state index contributed by atoms with van der Waals surface area (Å²) in [6.45, 7) is 3.34. The Morgan fingerprint density at radius 2 is 2.35 bits per heavy atom. The van der Waals surface area contributed by atoms with Gasteiger partial charge in [-0.05, 0) is 42.3 Å². The average Bonchev–Trinajstić information content (AvgIpc) is 2.81. The molecule has 0 unspecified atom stereocenters. The molecule has 1 aromatic rings. The maximum absolute atomic E-state index is 10.8. The van der Waals surface area contributed by atoms with Gasteiger partial charge in [0.05, 0.1) is 6.10 Å². The Hall–Kier alpha value is -1.67. The highest BCUT2D eigenvalue weighted by molar-refractivity contribution is 5.51. The van der Waals surface area contributed by atoms with E-state index in [0.29, 0.717) is 25.1 Å². The zero-order chi connectivity index (χ0) is 14.4. The van der Waals surface area contributed by atoms with E-state index >= 15 is 0 Å². The van der Waals surface area contributed by atoms with E-state index in [9.17, 15) is 10.1 Å². The van der Waals surface area contributed by atoms with Crippen molar-refractivity contribution in [2.75, 3.05) is 31.6 Å². The third-order valence-electron chi connectivity index (χ3n) is 3.34. The normalized spacial score (nSPS) is 16.2. The molecule has 2 N–H and O–H groups in total. The summed E-state index contributed by atoms with van der Waals surface area (Å²) in [6.07, 6.45) is 4.71. The molecule has 0 aliphatic carbocycles. The molecule has 2 heterocycles. The van der Waals surface area contributed by atoms with E-state index in [4.69, 9.17) is 4.74 Å². The molecule has 8 heteroatoms. The van der Waals surface area contributed by atoms with Gasteiger partial charge in [-0.25, -0.2) is 0 Å². The SMILES string of the molecule is Cn1cnc([N+](=O)[O-])c1NCCCOC1CCNCC1. The summed E-state index contributed by atoms with van der Waals surface area (Å²) in [5.74, 6) is 0.309. The Balaban J connectivity index is 1.68. The molecule has 1 saturated heterocycles. The highest BCUT2D eigenvalue weighted by Crippen LogP contribution is 2.20. The van der Waals surface area contributed by atoms with E-state index in [1.165, 1.54) is 6.33 Å². The number of imidazole rings is 1. The predicted octanol–water partition coefficient (Wildman–Crippen LogP) is 0.899. The lowest BCUT2D eigenvalue weighted by molar-refractivity contribution is -0.388. The van der Waals surface area contributed by atoms with Gasteiger partial charge in [0.15, 0.2) is 0 Å². The van der Waals surface area contributed by atoms with Crippen LogP contribution in [0.15, 0.2) is 6.33 Å². The molecule has 1 aliphatic rings. The van der Waals surface area contributed by atoms with Gasteiger partial charge in [-0.3, -0.25) is 4.57 Å². The first-order valence-corrected chi connectivity index (χ1v) is 6.90. The van der Waals surface area contributed by atoms with Gasteiger partial charge >= 0.3 is 5.82 Å². The Bertz CT molecular complexity index is 442. The van der Waals surface area contributed by atoms with Gasteiger partial charge in [0.2, 0.25) is 12.1 Å². The molecular formula is C12H21N5O3. The van der Waals surface area contributed by atoms with Crippen LogP contribution >= 0.6 is 0 Å². The lowest BCUT2D eigenvalue weighted by Gasteiger charge is -2.22. The minimum absolute atomic E-state index is 0.133. The molecule has 0 spiro atoms. The fourth-order valence-corrected chi connectivity index (χ4v) is 2.25. The molecule has 20 heavy (non-hydrogen) atoms. The number of rotatable bonds is 7. The number of piperidine rings is 1. The van der Waals surface area contributed by atoms with Crippen LogP contribution in [0.25, 0.3) is 0 Å². The second-order valence-corrected chi connectivity index (χ2v) is 4.89. The fourth-order valence-electron chi connectivity index (χ4n) is 2.25. The summed E-state index contributed by atoms with van der Waals surface area (Å²) in [6, 6.07) is 0. The molecule has 0 saturated carbocycles. The number of anilines is 1. The van der Waals surface area contributed by atoms with Crippen LogP contribution in [-0.2, 0) is 11.8 Å². The summed E-state index contributed by atoms with van der Waals surface area (Å²) in [5, 5.41) is 17.1. The van der Waals surface area contributed by atoms with Crippen molar-refractivity contribution in [3.05, 3.63) is 16.4 Å². The molecule has 0 bridgehead atoms. The van der Waals surface area contributed by atoms with Gasteiger partial charge in [-0.1, -0.05) is 0 Å². The molecule has 1 aliphatic heterocycles. The molecular weight excluding hydrogens is 262 g/mol. The van der Waals surface area contributed by atoms with Gasteiger partial charge in [0.1, 0.15) is 0 Å². The van der Waals surface area contributed by atoms with Gasteiger partial charge in [-0.2, -0.15) is 0 Å². The van der Waals surface area contributed by atoms with Crippen LogP contribution in [-0.4, -0.2) is 46.8 Å². The Labute approximate surface area is 117 Å². The van der Waals surface area contributed by atoms with E-state index in [-0.39, 0.29) is 5.82 Å². The molecule has 1 aromatic heterocycles. The van der Waals surface area contributed by atoms with Crippen LogP contribution in [0.2, 0.25) is 0 Å². The molecule has 2 rings (SSSR count). The maximum atomic E-state index is 10.8. The Morgan fingerprint density at radius 1 is 1.60 bits per heavy atom. The van der Waals surface area contributed by atoms with Crippen molar-refractivity contribution in [2.45, 2.75) is 25.4 Å². The summed E-state index contributed by atoms with van der Waals surface area (Å²) in [5.41, 5.74) is 0. The highest BCUT2D eigenvalue weighted by atomic mass is 16.6. The zero-order valence-corrected chi connectivity index (χ0v) is 11.7. The summed E-state index contributed by atoms with van der Waals surface area (Å²) < 4.78 is 7.39. The quantitative estimate of drug-likeness (QED) is 0.438. The Kier molecular flexibility index (Phi) is 5.31. The highest BCUT2D eigenvalue weighted by Gasteiger charge is 2.19. The topological polar surface area (TPSA) is 94.2 Å². The predicted molar refractivity (Wildman–Crippen MR) is 74.8 cm³/mol. The van der Waals surface area contributed by atoms with Gasteiger partial charge in [0.25, 0.3) is 0 Å². The average molecular weight is 283 g/mol. The third-order valence-corrected chi connectivity index (χ3v) is 3.34. The first kappa shape index (κ1) is 14.7. The van der Waals surface area contributed by atoms with Crippen molar-refractivity contribution in [2.24, 2.45) is 7.05 Å². The molecule has 8 nitrogen and oxygen atoms in total. The second-order valence-electron chi connectivity index (χ2n) is 4.89. The van der Waals surface area contributed by atoms with Crippen LogP contribution < -0.4 is 10.6 Å². The van der Waals surface area contributed by atoms with Crippen LogP contribution in [0.1, 0.15) is 19.3 Å². The van der Waals surface area contributed by atoms with E-state index in [2.05, 4.69) is 15.6 Å². The van der Waals surface area contributed by atoms with Gasteiger partial charge in [0, 0.05) is 20.2 Å². The van der Waals surface area contributed by atoms with E-state index in [1.807, 2.05) is 0 Å². The van der Waals surface area contributed by atoms with Crippen molar-refractivity contribution in [1.82, 2.24) is 14.9 Å². The molecule has 0 aromatic carbocycles. The first-order chi connectivity index (χ1) is 9.68. The number of ether oxygens (including phenoxy) is 1. The van der Waals surface area contributed by atoms with Crippen molar-refractivity contribution < 1.29 is 9.66 Å². The number of hydrogen-bond donors (Lipinski definition) is 2. The smallest absolute Gasteiger partial charge is 0.378 e. The van der Waals surface area contributed by atoms with E-state index in [0.717, 1.165) is 32.4 Å². The van der Waals surface area contributed by atoms with Gasteiger partial charge in [-0.15, -0.1) is 0 Å². The molecule has 0 amide bonds. The third kappa shape index (κ3) is 3.91. The largest absolute Gasteiger partial charge is 0.406 e. The Morgan fingerprint density at radius 3 is 3.05 bits per heavy atom. The minimum atomic E-state index is -0.478. The van der Waals surface area contributed by atoms with E-state index < -0.39 is 4.92 Å². The van der Waals surface area contributed by atoms with Gasteiger partial charge < -0.3 is 25.5 Å². The lowest BCUT2D eigenvalue weighted by Crippen LogP contribution is -2.32. The number of hydrogen-bond acceptors (Lipinski definition) is 6. The number of nitro groups is 1. The summed E-state index contributed by atoms with van der Waals surface area (Å²) in [7, 11) is 1.73. The maximum Gasteiger partial charge on any atom is 0.406 e. The zero-order valence-electron chi connectivity index (χ0n) is 11.7. The van der Waals surface area contributed by atoms with Crippen molar-refractivity contribution in [3.8, 4) is 0 Å². The van der Waals surface area contributed by atoms with Crippen LogP contribution in [0.4, 0.5) is 11.6 Å². The monoisotopic (exact) mass is 283 g/mol. The fraction of sp³-hybridized carbons (Fsp3) is 0.750. The number of nitrogens with one attached hydrogen (secondary N) is 2. The number of aryl methyl sites for hydroxylation is 1. The lowest BCUT2D eigenvalue weighted by atomic mass is 10.1. The molecule has 112 valence electrons. The molecule has 0 atom stereocenters. The van der Waals surface area contributed by atoms with Crippen molar-refractivity contribution in [1.29, 1.82) is 0 Å². The van der Waals surface area contributed by atoms with Crippen molar-refractivity contribution in [3.63, 3.8) is 0 Å². The second kappa shape index (κ2) is 7.20. The standard InChI is InChI=1S/C12H21N5O3/c1-16-9-15-12(17(18)19)11(16)14-5-2-8-20-10-3-6-13-7-4-10/h9-10,13-14H,2-8H2,1H3. The van der Waals surface area contributed by atoms with Crippen LogP contribution in [0.5, 0.6) is 0 Å². The number of nitrogens with zero attached hydrogens (tertiary/aromatic N) is 3. The van der Waals surface area contributed by atoms with E-state index in [1.54, 1.807) is 11.6 Å². The van der Waals surface area contributed by atoms with Crippen LogP contribution in [0, 0.1) is 10.1 Å². The first-order valence-electron chi connectivity index (χ1n) is 6.90. The molecule has 0 radical (unpaired) electrons. The number of aromatic nitrogens is 2. The molecule has 1 fully saturated rings. The minimum Gasteiger partial charge on any atom is -0.378 e. The summed E-state index contributed by atoms with van der Waals surface area (Å²) >= 11 is 0.